The summed E-state index contributed by atoms with van der Waals surface area (Å²) in [7, 11) is 1.24. The second kappa shape index (κ2) is 40.2. The molecule has 0 spiro atoms. The monoisotopic (exact) mass is 606 g/mol. The Balaban J connectivity index is -0.0000000778. The van der Waals surface area contributed by atoms with Crippen LogP contribution in [0, 0.1) is 0 Å². The highest BCUT2D eigenvalue weighted by molar-refractivity contribution is 6.71. The van der Waals surface area contributed by atoms with E-state index in [1.165, 1.54) is 64.0 Å². The third-order valence-corrected chi connectivity index (χ3v) is 11.0. The molecule has 0 saturated heterocycles. The minimum atomic E-state index is -3.87. The van der Waals surface area contributed by atoms with Crippen LogP contribution in [0.1, 0.15) is 69.2 Å². The van der Waals surface area contributed by atoms with Gasteiger partial charge in [-0.1, -0.05) is 69.2 Å². The molecule has 36 heavy (non-hydrogen) atoms. The maximum absolute atomic E-state index is 9.89. The molecule has 13 nitrogen and oxygen atoms in total. The molecule has 0 aromatic rings. The van der Waals surface area contributed by atoms with E-state index >= 15 is 0 Å². The van der Waals surface area contributed by atoms with Gasteiger partial charge in [0.15, 0.2) is 0 Å². The lowest BCUT2D eigenvalue weighted by Crippen LogP contribution is -2.61. The lowest BCUT2D eigenvalue weighted by Gasteiger charge is -2.31. The van der Waals surface area contributed by atoms with E-state index < -0.39 is 42.3 Å². The van der Waals surface area contributed by atoms with Gasteiger partial charge in [-0.25, -0.2) is 0 Å². The van der Waals surface area contributed by atoms with Gasteiger partial charge in [-0.2, -0.15) is 0 Å². The average Bonchev–Trinajstić information content (AvgIpc) is 3.00. The van der Waals surface area contributed by atoms with Gasteiger partial charge in [0.2, 0.25) is 0 Å². The Morgan fingerprint density at radius 1 is 0.417 bits per heavy atom. The van der Waals surface area contributed by atoms with Crippen molar-refractivity contribution in [2.75, 3.05) is 64.0 Å². The molecule has 0 aliphatic rings. The van der Waals surface area contributed by atoms with Gasteiger partial charge < -0.3 is 55.7 Å². The largest absolute Gasteiger partial charge is 0.898 e. The van der Waals surface area contributed by atoms with Crippen LogP contribution >= 0.6 is 0 Å². The second-order valence-corrected chi connectivity index (χ2v) is 13.2. The molecular formula is C19H59AlO13Si3. The van der Waals surface area contributed by atoms with Crippen LogP contribution in [-0.4, -0.2) is 116 Å². The molecule has 0 bridgehead atoms. The molecule has 0 heterocycles. The van der Waals surface area contributed by atoms with E-state index in [0.29, 0.717) is 0 Å². The van der Waals surface area contributed by atoms with Crippen molar-refractivity contribution >= 4 is 42.3 Å². The Hall–Kier alpha value is 0.663. The van der Waals surface area contributed by atoms with Crippen LogP contribution in [0.2, 0.25) is 0 Å². The predicted molar refractivity (Wildman–Crippen MR) is 149 cm³/mol. The Labute approximate surface area is 231 Å². The van der Waals surface area contributed by atoms with E-state index in [2.05, 4.69) is 13.3 Å². The average molecular weight is 607 g/mol. The highest BCUT2D eigenvalue weighted by Gasteiger charge is 2.58. The van der Waals surface area contributed by atoms with Gasteiger partial charge >= 0.3 is 42.3 Å². The van der Waals surface area contributed by atoms with Crippen LogP contribution in [0.15, 0.2) is 0 Å². The topological polar surface area (TPSA) is 142 Å². The Morgan fingerprint density at radius 3 is 0.806 bits per heavy atom. The zero-order chi connectivity index (χ0) is 30.9. The molecule has 0 aromatic heterocycles. The van der Waals surface area contributed by atoms with Gasteiger partial charge in [0.1, 0.15) is 0 Å². The summed E-state index contributed by atoms with van der Waals surface area (Å²) in [5, 5.41) is 0. The summed E-state index contributed by atoms with van der Waals surface area (Å²) in [6.45, 7) is 20.0. The zero-order valence-electron chi connectivity index (χ0n) is 26.5. The summed E-state index contributed by atoms with van der Waals surface area (Å²) in [4.78, 5) is 18.8. The number of hydrogen-bond donors (Lipinski definition) is 2. The van der Waals surface area contributed by atoms with E-state index in [9.17, 15) is 4.80 Å². The summed E-state index contributed by atoms with van der Waals surface area (Å²) >= 11 is -2.48. The fraction of sp³-hybridized carbons (Fsp3) is 1.00. The fourth-order valence-corrected chi connectivity index (χ4v) is 7.90. The first-order chi connectivity index (χ1) is 17.1. The van der Waals surface area contributed by atoms with Crippen molar-refractivity contribution < 1.29 is 55.7 Å². The van der Waals surface area contributed by atoms with Crippen LogP contribution in [0.3, 0.4) is 0 Å². The minimum Gasteiger partial charge on any atom is -0.457 e. The number of rotatable bonds is 13. The third-order valence-electron chi connectivity index (χ3n) is 2.67. The molecule has 0 atom stereocenters. The summed E-state index contributed by atoms with van der Waals surface area (Å²) in [5.74, 6) is 0. The molecule has 0 aromatic carbocycles. The molecule has 0 unspecified atom stereocenters. The van der Waals surface area contributed by atoms with E-state index in [0.717, 1.165) is 0 Å². The first kappa shape index (κ1) is 53.0. The molecule has 0 fully saturated rings. The molecule has 0 saturated carbocycles. The fourth-order valence-electron chi connectivity index (χ4n) is 1.17. The molecule has 0 radical (unpaired) electrons. The van der Waals surface area contributed by atoms with Gasteiger partial charge in [-0.05, 0) is 0 Å². The maximum atomic E-state index is 9.89. The van der Waals surface area contributed by atoms with E-state index in [1.54, 1.807) is 0 Å². The van der Waals surface area contributed by atoms with Gasteiger partial charge in [-0.15, -0.1) is 0 Å². The van der Waals surface area contributed by atoms with Crippen molar-refractivity contribution in [2.24, 2.45) is 0 Å². The highest BCUT2D eigenvalue weighted by Crippen LogP contribution is 2.17. The molecule has 0 aliphatic carbocycles. The number of hydrogen-bond acceptors (Lipinski definition) is 13. The molecule has 0 rings (SSSR count). The Morgan fingerprint density at radius 2 is 0.667 bits per heavy atom. The van der Waals surface area contributed by atoms with Gasteiger partial charge in [-0.3, -0.25) is 0 Å². The van der Waals surface area contributed by atoms with Gasteiger partial charge in [0.25, 0.3) is 0 Å². The van der Waals surface area contributed by atoms with E-state index in [1.807, 2.05) is 69.2 Å². The highest BCUT2D eigenvalue weighted by atomic mass is 28.5. The quantitative estimate of drug-likeness (QED) is 0.297. The molecule has 0 amide bonds. The van der Waals surface area contributed by atoms with Crippen molar-refractivity contribution in [3.05, 3.63) is 0 Å². The first-order valence-electron chi connectivity index (χ1n) is 11.9. The summed E-state index contributed by atoms with van der Waals surface area (Å²) in [6.07, 6.45) is 0. The van der Waals surface area contributed by atoms with Crippen LogP contribution in [0.5, 0.6) is 0 Å². The maximum Gasteiger partial charge on any atom is 0.898 e. The van der Waals surface area contributed by atoms with Crippen LogP contribution in [0.4, 0.5) is 0 Å². The van der Waals surface area contributed by atoms with Gasteiger partial charge in [0, 0.05) is 64.0 Å². The van der Waals surface area contributed by atoms with Crippen LogP contribution < -0.4 is 0 Å². The van der Waals surface area contributed by atoms with Crippen molar-refractivity contribution in [3.8, 4) is 0 Å². The molecular weight excluding hydrogens is 547 g/mol. The van der Waals surface area contributed by atoms with Crippen LogP contribution in [-0.2, 0) is 46.2 Å². The Kier molecular flexibility index (Phi) is 59.1. The first-order valence-corrected chi connectivity index (χ1v) is 18.3. The minimum absolute atomic E-state index is 1.24. The Bertz CT molecular complexity index is 342. The summed E-state index contributed by atoms with van der Waals surface area (Å²) in [6, 6.07) is 0. The van der Waals surface area contributed by atoms with Gasteiger partial charge in [0.05, 0.1) is 0 Å². The predicted octanol–water partition coefficient (Wildman–Crippen LogP) is 3.23. The summed E-state index contributed by atoms with van der Waals surface area (Å²) in [5.41, 5.74) is 0. The SMILES string of the molecule is CC.CC.CC.CC.CC.CO[Si](O)(OC)OC.C[O][Al]([O]C)[O][Si](OC)(OC)O[Si](O)(OC)OC. The molecule has 2 N–H and O–H groups in total. The molecule has 0 aliphatic heterocycles. The van der Waals surface area contributed by atoms with Crippen molar-refractivity contribution in [1.29, 1.82) is 0 Å². The van der Waals surface area contributed by atoms with E-state index in [-0.39, 0.29) is 0 Å². The van der Waals surface area contributed by atoms with Crippen molar-refractivity contribution in [2.45, 2.75) is 69.2 Å². The smallest absolute Gasteiger partial charge is 0.457 e. The lowest BCUT2D eigenvalue weighted by molar-refractivity contribution is -0.0123. The van der Waals surface area contributed by atoms with Crippen LogP contribution in [0.25, 0.3) is 0 Å². The molecule has 17 heteroatoms. The second-order valence-electron chi connectivity index (χ2n) is 3.96. The third kappa shape index (κ3) is 29.2. The zero-order valence-corrected chi connectivity index (χ0v) is 30.6. The standard InChI is InChI=1S/C4H13O7Si2.C3H10O4Si.5C2H6.2CH3O.Al/c1-7-12(5,8-2)11-13(6,9-3)10-4;1-5-8(4,6-2)7-3;7*1-2;/h5H,1-4H3;4H,1-3H3;5*1-2H3;2*1H3;/q-1;;;;;;;2*-1;+3. The normalized spacial score (nSPS) is 9.92. The lowest BCUT2D eigenvalue weighted by atomic mass is 11.0. The van der Waals surface area contributed by atoms with Crippen molar-refractivity contribution in [3.63, 3.8) is 0 Å². The van der Waals surface area contributed by atoms with Crippen molar-refractivity contribution in [1.82, 2.24) is 0 Å². The summed E-state index contributed by atoms with van der Waals surface area (Å²) < 4.78 is 53.8. The van der Waals surface area contributed by atoms with E-state index in [4.69, 9.17) is 37.7 Å². The molecule has 228 valence electrons.